The van der Waals surface area contributed by atoms with Crippen LogP contribution in [-0.4, -0.2) is 11.1 Å². The fourth-order valence-electron chi connectivity index (χ4n) is 2.19. The molecule has 0 heterocycles. The van der Waals surface area contributed by atoms with Gasteiger partial charge < -0.3 is 5.11 Å². The van der Waals surface area contributed by atoms with Gasteiger partial charge >= 0.3 is 5.97 Å². The number of unbranched alkanes of at least 4 members (excludes halogenated alkanes) is 5. The molecule has 2 nitrogen and oxygen atoms in total. The lowest BCUT2D eigenvalue weighted by Gasteiger charge is -2.00. The molecule has 1 saturated carbocycles. The van der Waals surface area contributed by atoms with Crippen LogP contribution in [0, 0.1) is 11.8 Å². The van der Waals surface area contributed by atoms with Crippen molar-refractivity contribution in [1.29, 1.82) is 0 Å². The first-order valence-corrected chi connectivity index (χ1v) is 6.42. The molecule has 0 aromatic carbocycles. The molecule has 1 aliphatic rings. The van der Waals surface area contributed by atoms with Gasteiger partial charge in [-0.3, -0.25) is 4.79 Å². The molecule has 15 heavy (non-hydrogen) atoms. The standard InChI is InChI=1S/C13H24O2/c1-11-10-12(11)8-6-4-2-3-5-7-9-13(14)15/h11-12H,2-10H2,1H3,(H,14,15)/t11-,12-/m0/s1. The number of rotatable bonds is 9. The highest BCUT2D eigenvalue weighted by atomic mass is 16.4. The minimum Gasteiger partial charge on any atom is -0.481 e. The van der Waals surface area contributed by atoms with Crippen LogP contribution in [0.5, 0.6) is 0 Å². The second-order valence-corrected chi connectivity index (χ2v) is 5.03. The molecule has 0 radical (unpaired) electrons. The van der Waals surface area contributed by atoms with Gasteiger partial charge in [-0.2, -0.15) is 0 Å². The molecular formula is C13H24O2. The van der Waals surface area contributed by atoms with Gasteiger partial charge in [0.25, 0.3) is 0 Å². The Bertz CT molecular complexity index is 189. The summed E-state index contributed by atoms with van der Waals surface area (Å²) in [5, 5.41) is 8.45. The van der Waals surface area contributed by atoms with E-state index < -0.39 is 5.97 Å². The van der Waals surface area contributed by atoms with Gasteiger partial charge in [0, 0.05) is 6.42 Å². The smallest absolute Gasteiger partial charge is 0.303 e. The topological polar surface area (TPSA) is 37.3 Å². The molecule has 0 unspecified atom stereocenters. The van der Waals surface area contributed by atoms with Crippen LogP contribution in [0.1, 0.15) is 64.7 Å². The van der Waals surface area contributed by atoms with E-state index in [0.717, 1.165) is 24.7 Å². The average Bonchev–Trinajstić information content (AvgIpc) is 2.86. The van der Waals surface area contributed by atoms with Crippen LogP contribution >= 0.6 is 0 Å². The zero-order valence-electron chi connectivity index (χ0n) is 9.87. The van der Waals surface area contributed by atoms with Crippen LogP contribution in [-0.2, 0) is 4.79 Å². The van der Waals surface area contributed by atoms with Gasteiger partial charge in [0.05, 0.1) is 0 Å². The summed E-state index contributed by atoms with van der Waals surface area (Å²) in [6.45, 7) is 2.34. The molecule has 0 amide bonds. The summed E-state index contributed by atoms with van der Waals surface area (Å²) in [4.78, 5) is 10.2. The molecule has 1 rings (SSSR count). The van der Waals surface area contributed by atoms with E-state index in [2.05, 4.69) is 6.92 Å². The van der Waals surface area contributed by atoms with Crippen molar-refractivity contribution >= 4 is 5.97 Å². The average molecular weight is 212 g/mol. The fraction of sp³-hybridized carbons (Fsp3) is 0.923. The summed E-state index contributed by atoms with van der Waals surface area (Å²) >= 11 is 0. The molecule has 1 fully saturated rings. The maximum absolute atomic E-state index is 10.2. The number of carboxylic acid groups (broad SMARTS) is 1. The van der Waals surface area contributed by atoms with Crippen LogP contribution in [0.25, 0.3) is 0 Å². The number of hydrogen-bond donors (Lipinski definition) is 1. The molecule has 0 saturated heterocycles. The third kappa shape index (κ3) is 6.53. The van der Waals surface area contributed by atoms with Gasteiger partial charge in [-0.1, -0.05) is 45.4 Å². The molecule has 0 aromatic rings. The Balaban J connectivity index is 1.71. The SMILES string of the molecule is C[C@H]1C[C@@H]1CCCCCCCCC(=O)O. The van der Waals surface area contributed by atoms with E-state index in [4.69, 9.17) is 5.11 Å². The number of carbonyl (C=O) groups is 1. The van der Waals surface area contributed by atoms with Gasteiger partial charge in [0.15, 0.2) is 0 Å². The monoisotopic (exact) mass is 212 g/mol. The van der Waals surface area contributed by atoms with Crippen molar-refractivity contribution in [3.63, 3.8) is 0 Å². The van der Waals surface area contributed by atoms with Crippen LogP contribution in [0.15, 0.2) is 0 Å². The molecule has 1 aliphatic carbocycles. The van der Waals surface area contributed by atoms with Crippen molar-refractivity contribution in [2.45, 2.75) is 64.7 Å². The molecular weight excluding hydrogens is 188 g/mol. The van der Waals surface area contributed by atoms with Crippen molar-refractivity contribution in [2.75, 3.05) is 0 Å². The van der Waals surface area contributed by atoms with Crippen molar-refractivity contribution in [2.24, 2.45) is 11.8 Å². The van der Waals surface area contributed by atoms with E-state index in [1.54, 1.807) is 0 Å². The van der Waals surface area contributed by atoms with Crippen molar-refractivity contribution in [3.8, 4) is 0 Å². The summed E-state index contributed by atoms with van der Waals surface area (Å²) in [5.41, 5.74) is 0. The second kappa shape index (κ2) is 6.86. The number of carboxylic acids is 1. The lowest BCUT2D eigenvalue weighted by molar-refractivity contribution is -0.137. The summed E-state index contributed by atoms with van der Waals surface area (Å²) < 4.78 is 0. The first-order chi connectivity index (χ1) is 7.20. The minimum atomic E-state index is -0.655. The quantitative estimate of drug-likeness (QED) is 0.589. The van der Waals surface area contributed by atoms with Gasteiger partial charge in [-0.25, -0.2) is 0 Å². The molecule has 1 N–H and O–H groups in total. The van der Waals surface area contributed by atoms with Gasteiger partial charge in [-0.05, 0) is 24.7 Å². The molecule has 0 aromatic heterocycles. The molecule has 0 spiro atoms. The highest BCUT2D eigenvalue weighted by Gasteiger charge is 2.31. The van der Waals surface area contributed by atoms with Gasteiger partial charge in [-0.15, -0.1) is 0 Å². The van der Waals surface area contributed by atoms with Crippen molar-refractivity contribution in [3.05, 3.63) is 0 Å². The summed E-state index contributed by atoms with van der Waals surface area (Å²) in [6, 6.07) is 0. The predicted octanol–water partition coefficient (Wildman–Crippen LogP) is 3.85. The first-order valence-electron chi connectivity index (χ1n) is 6.42. The Morgan fingerprint density at radius 1 is 1.13 bits per heavy atom. The maximum atomic E-state index is 10.2. The van der Waals surface area contributed by atoms with Crippen LogP contribution in [0.2, 0.25) is 0 Å². The third-order valence-electron chi connectivity index (χ3n) is 3.49. The maximum Gasteiger partial charge on any atom is 0.303 e. The Morgan fingerprint density at radius 3 is 2.20 bits per heavy atom. The van der Waals surface area contributed by atoms with E-state index in [1.165, 1.54) is 38.5 Å². The van der Waals surface area contributed by atoms with Crippen LogP contribution in [0.3, 0.4) is 0 Å². The molecule has 88 valence electrons. The molecule has 0 bridgehead atoms. The third-order valence-corrected chi connectivity index (χ3v) is 3.49. The highest BCUT2D eigenvalue weighted by Crippen LogP contribution is 2.41. The molecule has 0 aliphatic heterocycles. The normalized spacial score (nSPS) is 24.1. The largest absolute Gasteiger partial charge is 0.481 e. The van der Waals surface area contributed by atoms with Gasteiger partial charge in [0.2, 0.25) is 0 Å². The van der Waals surface area contributed by atoms with E-state index in [9.17, 15) is 4.79 Å². The van der Waals surface area contributed by atoms with E-state index in [0.29, 0.717) is 6.42 Å². The Kier molecular flexibility index (Phi) is 5.74. The lowest BCUT2D eigenvalue weighted by atomic mass is 10.1. The predicted molar refractivity (Wildman–Crippen MR) is 61.8 cm³/mol. The van der Waals surface area contributed by atoms with E-state index >= 15 is 0 Å². The Morgan fingerprint density at radius 2 is 1.67 bits per heavy atom. The zero-order chi connectivity index (χ0) is 11.1. The second-order valence-electron chi connectivity index (χ2n) is 5.03. The van der Waals surface area contributed by atoms with E-state index in [1.807, 2.05) is 0 Å². The van der Waals surface area contributed by atoms with Crippen molar-refractivity contribution in [1.82, 2.24) is 0 Å². The minimum absolute atomic E-state index is 0.347. The van der Waals surface area contributed by atoms with Crippen molar-refractivity contribution < 1.29 is 9.90 Å². The Hall–Kier alpha value is -0.530. The molecule has 2 heteroatoms. The molecule has 2 atom stereocenters. The number of aliphatic carboxylic acids is 1. The number of hydrogen-bond acceptors (Lipinski definition) is 1. The summed E-state index contributed by atoms with van der Waals surface area (Å²) in [6.07, 6.45) is 10.4. The summed E-state index contributed by atoms with van der Waals surface area (Å²) in [5.74, 6) is 1.38. The highest BCUT2D eigenvalue weighted by molar-refractivity contribution is 5.66. The Labute approximate surface area is 93.1 Å². The fourth-order valence-corrected chi connectivity index (χ4v) is 2.19. The van der Waals surface area contributed by atoms with E-state index in [-0.39, 0.29) is 0 Å². The lowest BCUT2D eigenvalue weighted by Crippen LogP contribution is -1.93. The van der Waals surface area contributed by atoms with Crippen LogP contribution in [0.4, 0.5) is 0 Å². The van der Waals surface area contributed by atoms with Crippen LogP contribution < -0.4 is 0 Å². The zero-order valence-corrected chi connectivity index (χ0v) is 9.87. The summed E-state index contributed by atoms with van der Waals surface area (Å²) in [7, 11) is 0. The van der Waals surface area contributed by atoms with Gasteiger partial charge in [0.1, 0.15) is 0 Å². The first kappa shape index (κ1) is 12.5.